The molecule has 0 saturated heterocycles. The molecule has 0 aliphatic heterocycles. The molecule has 4 heteroatoms. The fourth-order valence-electron chi connectivity index (χ4n) is 1.01. The van der Waals surface area contributed by atoms with Crippen molar-refractivity contribution in [3.63, 3.8) is 0 Å². The Morgan fingerprint density at radius 2 is 2.23 bits per heavy atom. The third-order valence-corrected chi connectivity index (χ3v) is 1.77. The van der Waals surface area contributed by atoms with Gasteiger partial charge in [0.1, 0.15) is 0 Å². The van der Waals surface area contributed by atoms with Gasteiger partial charge in [-0.1, -0.05) is 6.92 Å². The number of nitrogens with one attached hydrogen (secondary N) is 2. The molecule has 0 aliphatic rings. The van der Waals surface area contributed by atoms with E-state index in [-0.39, 0.29) is 12.5 Å². The average molecular weight is 188 g/mol. The molecule has 0 fully saturated rings. The van der Waals surface area contributed by atoms with Crippen LogP contribution in [-0.4, -0.2) is 37.3 Å². The molecule has 0 aliphatic carbocycles. The van der Waals surface area contributed by atoms with Gasteiger partial charge in [-0.05, 0) is 25.8 Å². The third kappa shape index (κ3) is 7.74. The molecule has 0 aromatic carbocycles. The van der Waals surface area contributed by atoms with Crippen LogP contribution < -0.4 is 10.6 Å². The van der Waals surface area contributed by atoms with Gasteiger partial charge < -0.3 is 15.7 Å². The highest BCUT2D eigenvalue weighted by molar-refractivity contribution is 5.77. The largest absolute Gasteiger partial charge is 0.396 e. The van der Waals surface area contributed by atoms with Crippen LogP contribution in [-0.2, 0) is 4.79 Å². The maximum absolute atomic E-state index is 11.0. The fraction of sp³-hybridized carbons (Fsp3) is 0.889. The van der Waals surface area contributed by atoms with Crippen LogP contribution in [0.25, 0.3) is 0 Å². The second kappa shape index (κ2) is 8.01. The molecule has 0 saturated carbocycles. The van der Waals surface area contributed by atoms with Gasteiger partial charge in [0.15, 0.2) is 0 Å². The molecule has 1 unspecified atom stereocenters. The van der Waals surface area contributed by atoms with Gasteiger partial charge in [-0.15, -0.1) is 0 Å². The summed E-state index contributed by atoms with van der Waals surface area (Å²) in [7, 11) is 0. The number of amides is 1. The molecule has 0 rings (SSSR count). The fourth-order valence-corrected chi connectivity index (χ4v) is 1.01. The van der Waals surface area contributed by atoms with Gasteiger partial charge in [0, 0.05) is 13.2 Å². The van der Waals surface area contributed by atoms with Gasteiger partial charge in [0.05, 0.1) is 6.54 Å². The van der Waals surface area contributed by atoms with Crippen molar-refractivity contribution in [1.29, 1.82) is 0 Å². The Balaban J connectivity index is 3.28. The molecule has 1 amide bonds. The van der Waals surface area contributed by atoms with Gasteiger partial charge in [-0.2, -0.15) is 0 Å². The number of carbonyl (C=O) groups is 1. The van der Waals surface area contributed by atoms with E-state index in [0.29, 0.717) is 19.0 Å². The van der Waals surface area contributed by atoms with Gasteiger partial charge in [0.25, 0.3) is 0 Å². The summed E-state index contributed by atoms with van der Waals surface area (Å²) in [6.07, 6.45) is 0.780. The molecule has 0 bridgehead atoms. The maximum atomic E-state index is 11.0. The lowest BCUT2D eigenvalue weighted by Crippen LogP contribution is -2.35. The Morgan fingerprint density at radius 3 is 2.77 bits per heavy atom. The van der Waals surface area contributed by atoms with E-state index >= 15 is 0 Å². The van der Waals surface area contributed by atoms with Crippen molar-refractivity contribution in [3.05, 3.63) is 0 Å². The van der Waals surface area contributed by atoms with E-state index in [1.54, 1.807) is 0 Å². The number of carbonyl (C=O) groups excluding carboxylic acids is 1. The first-order chi connectivity index (χ1) is 6.20. The van der Waals surface area contributed by atoms with Crippen molar-refractivity contribution >= 4 is 5.91 Å². The van der Waals surface area contributed by atoms with Gasteiger partial charge in [0.2, 0.25) is 5.91 Å². The van der Waals surface area contributed by atoms with Gasteiger partial charge in [-0.3, -0.25) is 4.79 Å². The first kappa shape index (κ1) is 12.4. The van der Waals surface area contributed by atoms with Crippen molar-refractivity contribution in [1.82, 2.24) is 10.6 Å². The highest BCUT2D eigenvalue weighted by Crippen LogP contribution is 1.96. The topological polar surface area (TPSA) is 61.4 Å². The molecule has 0 radical (unpaired) electrons. The lowest BCUT2D eigenvalue weighted by Gasteiger charge is -2.10. The highest BCUT2D eigenvalue weighted by Gasteiger charge is 2.02. The van der Waals surface area contributed by atoms with Crippen LogP contribution in [0.3, 0.4) is 0 Å². The molecule has 0 spiro atoms. The van der Waals surface area contributed by atoms with Crippen LogP contribution in [0.1, 0.15) is 20.3 Å². The van der Waals surface area contributed by atoms with Gasteiger partial charge in [-0.25, -0.2) is 0 Å². The smallest absolute Gasteiger partial charge is 0.233 e. The Hall–Kier alpha value is -0.610. The van der Waals surface area contributed by atoms with Crippen LogP contribution in [0.4, 0.5) is 0 Å². The van der Waals surface area contributed by atoms with E-state index in [4.69, 9.17) is 5.11 Å². The molecule has 1 atom stereocenters. The van der Waals surface area contributed by atoms with Crippen molar-refractivity contribution in [3.8, 4) is 0 Å². The molecule has 0 aromatic heterocycles. The van der Waals surface area contributed by atoms with Crippen molar-refractivity contribution in [2.45, 2.75) is 20.3 Å². The normalized spacial score (nSPS) is 12.5. The predicted octanol–water partition coefficient (Wildman–Crippen LogP) is -0.269. The third-order valence-electron chi connectivity index (χ3n) is 1.77. The molecule has 13 heavy (non-hydrogen) atoms. The quantitative estimate of drug-likeness (QED) is 0.515. The lowest BCUT2D eigenvalue weighted by molar-refractivity contribution is -0.120. The van der Waals surface area contributed by atoms with Crippen LogP contribution in [0.5, 0.6) is 0 Å². The van der Waals surface area contributed by atoms with E-state index < -0.39 is 0 Å². The first-order valence-corrected chi connectivity index (χ1v) is 4.79. The maximum Gasteiger partial charge on any atom is 0.233 e. The Labute approximate surface area is 79.7 Å². The second-order valence-electron chi connectivity index (χ2n) is 3.20. The Bertz CT molecular complexity index is 140. The summed E-state index contributed by atoms with van der Waals surface area (Å²) < 4.78 is 0. The minimum atomic E-state index is 0.0266. The van der Waals surface area contributed by atoms with Crippen LogP contribution in [0.15, 0.2) is 0 Å². The zero-order chi connectivity index (χ0) is 10.1. The van der Waals surface area contributed by atoms with Crippen molar-refractivity contribution in [2.24, 2.45) is 5.92 Å². The molecule has 3 N–H and O–H groups in total. The van der Waals surface area contributed by atoms with E-state index in [0.717, 1.165) is 13.0 Å². The number of hydrogen-bond acceptors (Lipinski definition) is 3. The number of likely N-dealkylation sites (N-methyl/N-ethyl adjacent to an activating group) is 1. The monoisotopic (exact) mass is 188 g/mol. The highest BCUT2D eigenvalue weighted by atomic mass is 16.3. The number of rotatable bonds is 7. The van der Waals surface area contributed by atoms with Crippen molar-refractivity contribution in [2.75, 3.05) is 26.2 Å². The number of hydrogen-bond donors (Lipinski definition) is 3. The second-order valence-corrected chi connectivity index (χ2v) is 3.20. The number of aliphatic hydroxyl groups is 1. The summed E-state index contributed by atoms with van der Waals surface area (Å²) in [5.41, 5.74) is 0. The SMILES string of the molecule is CCNC(=O)CNCC(C)CCO. The zero-order valence-electron chi connectivity index (χ0n) is 8.47. The van der Waals surface area contributed by atoms with Gasteiger partial charge >= 0.3 is 0 Å². The average Bonchev–Trinajstić information content (AvgIpc) is 2.05. The Kier molecular flexibility index (Phi) is 7.63. The number of aliphatic hydroxyl groups excluding tert-OH is 1. The lowest BCUT2D eigenvalue weighted by atomic mass is 10.1. The molecular formula is C9H20N2O2. The summed E-state index contributed by atoms with van der Waals surface area (Å²) in [6.45, 7) is 5.96. The summed E-state index contributed by atoms with van der Waals surface area (Å²) in [4.78, 5) is 11.0. The molecule has 78 valence electrons. The summed E-state index contributed by atoms with van der Waals surface area (Å²) in [5.74, 6) is 0.443. The first-order valence-electron chi connectivity index (χ1n) is 4.79. The predicted molar refractivity (Wildman–Crippen MR) is 52.4 cm³/mol. The van der Waals surface area contributed by atoms with Crippen molar-refractivity contribution < 1.29 is 9.90 Å². The minimum Gasteiger partial charge on any atom is -0.396 e. The Morgan fingerprint density at radius 1 is 1.54 bits per heavy atom. The minimum absolute atomic E-state index is 0.0266. The molecule has 0 aromatic rings. The summed E-state index contributed by atoms with van der Waals surface area (Å²) in [6, 6.07) is 0. The molecule has 4 nitrogen and oxygen atoms in total. The van der Waals surface area contributed by atoms with Crippen LogP contribution in [0, 0.1) is 5.92 Å². The standard InChI is InChI=1S/C9H20N2O2/c1-3-11-9(13)7-10-6-8(2)4-5-12/h8,10,12H,3-7H2,1-2H3,(H,11,13). The summed E-state index contributed by atoms with van der Waals surface area (Å²) >= 11 is 0. The van der Waals surface area contributed by atoms with E-state index in [2.05, 4.69) is 10.6 Å². The van der Waals surface area contributed by atoms with E-state index in [1.807, 2.05) is 13.8 Å². The van der Waals surface area contributed by atoms with Crippen LogP contribution >= 0.6 is 0 Å². The summed E-state index contributed by atoms with van der Waals surface area (Å²) in [5, 5.41) is 14.4. The molecular weight excluding hydrogens is 168 g/mol. The van der Waals surface area contributed by atoms with Crippen LogP contribution in [0.2, 0.25) is 0 Å². The van der Waals surface area contributed by atoms with E-state index in [9.17, 15) is 4.79 Å². The zero-order valence-corrected chi connectivity index (χ0v) is 8.47. The van der Waals surface area contributed by atoms with E-state index in [1.165, 1.54) is 0 Å². The molecule has 0 heterocycles.